The van der Waals surface area contributed by atoms with E-state index >= 15 is 0 Å². The smallest absolute Gasteiger partial charge is 0.337 e. The quantitative estimate of drug-likeness (QED) is 0.687. The van der Waals surface area contributed by atoms with Gasteiger partial charge in [0.25, 0.3) is 11.6 Å². The van der Waals surface area contributed by atoms with E-state index in [1.54, 1.807) is 12.1 Å². The van der Waals surface area contributed by atoms with Crippen LogP contribution in [0.15, 0.2) is 44.3 Å². The summed E-state index contributed by atoms with van der Waals surface area (Å²) in [6.45, 7) is 1.81. The van der Waals surface area contributed by atoms with E-state index in [2.05, 4.69) is 21.8 Å². The first-order valence-electron chi connectivity index (χ1n) is 7.99. The minimum atomic E-state index is -0.557. The lowest BCUT2D eigenvalue weighted by molar-refractivity contribution is 0.279. The molecule has 2 heterocycles. The highest BCUT2D eigenvalue weighted by Crippen LogP contribution is 2.14. The molecule has 0 unspecified atom stereocenters. The lowest BCUT2D eigenvalue weighted by Crippen LogP contribution is -2.15. The van der Waals surface area contributed by atoms with Gasteiger partial charge in [0.1, 0.15) is 18.6 Å². The third kappa shape index (κ3) is 3.82. The summed E-state index contributed by atoms with van der Waals surface area (Å²) in [5.74, 6) is 5.36. The topological polar surface area (TPSA) is 105 Å². The van der Waals surface area contributed by atoms with Crippen LogP contribution in [0.4, 0.5) is 0 Å². The molecule has 0 spiro atoms. The summed E-state index contributed by atoms with van der Waals surface area (Å²) in [4.78, 5) is 30.5. The average molecular weight is 352 g/mol. The molecule has 3 aromatic rings. The second kappa shape index (κ2) is 7.68. The van der Waals surface area contributed by atoms with Crippen molar-refractivity contribution in [3.8, 4) is 17.9 Å². The fourth-order valence-electron chi connectivity index (χ4n) is 2.45. The average Bonchev–Trinajstić information content (AvgIpc) is 2.64. The van der Waals surface area contributed by atoms with Gasteiger partial charge in [0.05, 0.1) is 0 Å². The van der Waals surface area contributed by atoms with E-state index in [1.807, 2.05) is 19.1 Å². The van der Waals surface area contributed by atoms with Crippen LogP contribution in [-0.2, 0) is 13.0 Å². The predicted molar refractivity (Wildman–Crippen MR) is 95.0 cm³/mol. The van der Waals surface area contributed by atoms with Crippen molar-refractivity contribution in [2.45, 2.75) is 20.0 Å². The number of aliphatic hydroxyl groups is 1. The SMILES string of the molecule is CCc1cc(=O)oc2nc(OCc3ccc(C#CCO)cc3)[nH]c(=O)c12. The first-order chi connectivity index (χ1) is 12.6. The van der Waals surface area contributed by atoms with Crippen molar-refractivity contribution in [3.63, 3.8) is 0 Å². The predicted octanol–water partition coefficient (Wildman–Crippen LogP) is 1.36. The number of hydrogen-bond acceptors (Lipinski definition) is 6. The number of aryl methyl sites for hydroxylation is 1. The summed E-state index contributed by atoms with van der Waals surface area (Å²) in [6.07, 6.45) is 0.512. The second-order valence-electron chi connectivity index (χ2n) is 5.44. The number of aliphatic hydroxyl groups excluding tert-OH is 1. The van der Waals surface area contributed by atoms with Crippen LogP contribution in [0, 0.1) is 11.8 Å². The Morgan fingerprint density at radius 3 is 2.73 bits per heavy atom. The highest BCUT2D eigenvalue weighted by Gasteiger charge is 2.12. The third-order valence-corrected chi connectivity index (χ3v) is 3.70. The molecule has 0 aliphatic rings. The first kappa shape index (κ1) is 17.5. The van der Waals surface area contributed by atoms with Crippen LogP contribution >= 0.6 is 0 Å². The lowest BCUT2D eigenvalue weighted by atomic mass is 10.1. The monoisotopic (exact) mass is 352 g/mol. The third-order valence-electron chi connectivity index (χ3n) is 3.70. The minimum absolute atomic E-state index is 0.0250. The molecule has 26 heavy (non-hydrogen) atoms. The number of hydrogen-bond donors (Lipinski definition) is 2. The molecule has 7 heteroatoms. The van der Waals surface area contributed by atoms with Crippen molar-refractivity contribution in [3.05, 3.63) is 67.8 Å². The number of nitrogens with one attached hydrogen (secondary N) is 1. The number of aromatic nitrogens is 2. The Morgan fingerprint density at radius 1 is 1.27 bits per heavy atom. The molecule has 0 saturated heterocycles. The Bertz CT molecular complexity index is 1100. The van der Waals surface area contributed by atoms with E-state index < -0.39 is 11.2 Å². The van der Waals surface area contributed by atoms with Gasteiger partial charge in [0.2, 0.25) is 5.71 Å². The molecule has 0 bridgehead atoms. The maximum atomic E-state index is 12.3. The Labute approximate surface area is 148 Å². The number of rotatable bonds is 4. The maximum Gasteiger partial charge on any atom is 0.337 e. The van der Waals surface area contributed by atoms with Crippen molar-refractivity contribution in [1.29, 1.82) is 0 Å². The van der Waals surface area contributed by atoms with Gasteiger partial charge < -0.3 is 14.3 Å². The Hall–Kier alpha value is -3.37. The van der Waals surface area contributed by atoms with Crippen LogP contribution in [0.3, 0.4) is 0 Å². The molecule has 0 saturated carbocycles. The van der Waals surface area contributed by atoms with Gasteiger partial charge in [-0.3, -0.25) is 9.78 Å². The summed E-state index contributed by atoms with van der Waals surface area (Å²) in [7, 11) is 0. The molecule has 132 valence electrons. The van der Waals surface area contributed by atoms with E-state index in [4.69, 9.17) is 14.3 Å². The molecule has 0 aliphatic heterocycles. The standard InChI is InChI=1S/C19H16N2O5/c1-2-14-10-15(23)26-18-16(14)17(24)20-19(21-18)25-11-13-7-5-12(6-8-13)4-3-9-22/h5-8,10,22H,2,9,11H2,1H3,(H,20,21,24). The Kier molecular flexibility index (Phi) is 5.15. The van der Waals surface area contributed by atoms with Gasteiger partial charge in [-0.2, -0.15) is 4.98 Å². The van der Waals surface area contributed by atoms with Crippen LogP contribution in [0.1, 0.15) is 23.6 Å². The van der Waals surface area contributed by atoms with Gasteiger partial charge in [-0.1, -0.05) is 30.9 Å². The van der Waals surface area contributed by atoms with Gasteiger partial charge in [0.15, 0.2) is 0 Å². The molecule has 3 rings (SSSR count). The summed E-state index contributed by atoms with van der Waals surface area (Å²) in [5, 5.41) is 8.94. The highest BCUT2D eigenvalue weighted by atomic mass is 16.5. The number of H-pyrrole nitrogens is 1. The van der Waals surface area contributed by atoms with Crippen LogP contribution < -0.4 is 15.9 Å². The van der Waals surface area contributed by atoms with E-state index in [0.29, 0.717) is 12.0 Å². The number of aromatic amines is 1. The summed E-state index contributed by atoms with van der Waals surface area (Å²) >= 11 is 0. The molecule has 0 fully saturated rings. The van der Waals surface area contributed by atoms with Gasteiger partial charge in [-0.25, -0.2) is 4.79 Å². The molecular weight excluding hydrogens is 336 g/mol. The number of nitrogens with zero attached hydrogens (tertiary/aromatic N) is 1. The van der Waals surface area contributed by atoms with E-state index in [-0.39, 0.29) is 30.3 Å². The zero-order valence-electron chi connectivity index (χ0n) is 14.0. The van der Waals surface area contributed by atoms with Crippen LogP contribution in [-0.4, -0.2) is 21.7 Å². The Balaban J connectivity index is 1.83. The molecule has 1 aromatic carbocycles. The van der Waals surface area contributed by atoms with Crippen LogP contribution in [0.25, 0.3) is 11.1 Å². The first-order valence-corrected chi connectivity index (χ1v) is 7.99. The lowest BCUT2D eigenvalue weighted by Gasteiger charge is -2.07. The largest absolute Gasteiger partial charge is 0.460 e. The van der Waals surface area contributed by atoms with Gasteiger partial charge in [-0.15, -0.1) is 0 Å². The normalized spacial score (nSPS) is 10.4. The van der Waals surface area contributed by atoms with Gasteiger partial charge >= 0.3 is 5.63 Å². The van der Waals surface area contributed by atoms with Crippen molar-refractivity contribution in [2.75, 3.05) is 6.61 Å². The molecular formula is C19H16N2O5. The van der Waals surface area contributed by atoms with Crippen molar-refractivity contribution in [1.82, 2.24) is 9.97 Å². The van der Waals surface area contributed by atoms with E-state index in [9.17, 15) is 9.59 Å². The van der Waals surface area contributed by atoms with Crippen molar-refractivity contribution in [2.24, 2.45) is 0 Å². The van der Waals surface area contributed by atoms with E-state index in [0.717, 1.165) is 11.1 Å². The summed E-state index contributed by atoms with van der Waals surface area (Å²) < 4.78 is 10.5. The second-order valence-corrected chi connectivity index (χ2v) is 5.44. The maximum absolute atomic E-state index is 12.3. The summed E-state index contributed by atoms with van der Waals surface area (Å²) in [6, 6.07) is 8.49. The molecule has 0 aliphatic carbocycles. The molecule has 0 atom stereocenters. The fraction of sp³-hybridized carbons (Fsp3) is 0.211. The molecule has 0 radical (unpaired) electrons. The molecule has 2 aromatic heterocycles. The number of benzene rings is 1. The molecule has 2 N–H and O–H groups in total. The van der Waals surface area contributed by atoms with Gasteiger partial charge in [0, 0.05) is 11.6 Å². The fourth-order valence-corrected chi connectivity index (χ4v) is 2.45. The van der Waals surface area contributed by atoms with Crippen LogP contribution in [0.2, 0.25) is 0 Å². The Morgan fingerprint density at radius 2 is 2.04 bits per heavy atom. The highest BCUT2D eigenvalue weighted by molar-refractivity contribution is 5.75. The number of fused-ring (bicyclic) bond motifs is 1. The van der Waals surface area contributed by atoms with Crippen molar-refractivity contribution >= 4 is 11.1 Å². The molecule has 7 nitrogen and oxygen atoms in total. The molecule has 0 amide bonds. The van der Waals surface area contributed by atoms with Crippen LogP contribution in [0.5, 0.6) is 6.01 Å². The van der Waals surface area contributed by atoms with Crippen molar-refractivity contribution < 1.29 is 14.3 Å². The minimum Gasteiger partial charge on any atom is -0.460 e. The zero-order chi connectivity index (χ0) is 18.5. The van der Waals surface area contributed by atoms with Gasteiger partial charge in [-0.05, 0) is 29.7 Å². The van der Waals surface area contributed by atoms with E-state index in [1.165, 1.54) is 6.07 Å². The zero-order valence-corrected chi connectivity index (χ0v) is 14.0. The summed E-state index contributed by atoms with van der Waals surface area (Å²) in [5.41, 5.74) is 1.18. The number of ether oxygens (including phenoxy) is 1.